The van der Waals surface area contributed by atoms with Gasteiger partial charge in [0, 0.05) is 23.2 Å². The van der Waals surface area contributed by atoms with Gasteiger partial charge < -0.3 is 10.1 Å². The number of halogens is 1. The molecule has 0 atom stereocenters. The number of aromatic nitrogens is 4. The molecule has 0 radical (unpaired) electrons. The summed E-state index contributed by atoms with van der Waals surface area (Å²) in [5.41, 5.74) is 1.04. The van der Waals surface area contributed by atoms with Crippen LogP contribution < -0.4 is 15.4 Å². The van der Waals surface area contributed by atoms with Crippen LogP contribution in [0.3, 0.4) is 0 Å². The zero-order valence-electron chi connectivity index (χ0n) is 15.9. The number of nitrogens with one attached hydrogen (secondary N) is 2. The number of rotatable bonds is 5. The summed E-state index contributed by atoms with van der Waals surface area (Å²) < 4.78 is 21.0. The summed E-state index contributed by atoms with van der Waals surface area (Å²) in [4.78, 5) is 32.1. The van der Waals surface area contributed by atoms with Gasteiger partial charge in [0.25, 0.3) is 5.91 Å². The third kappa shape index (κ3) is 3.66. The third-order valence-corrected chi connectivity index (χ3v) is 4.78. The lowest BCUT2D eigenvalue weighted by Crippen LogP contribution is -2.19. The molecule has 2 fully saturated rings. The maximum Gasteiger partial charge on any atom is 0.327 e. The van der Waals surface area contributed by atoms with E-state index in [1.54, 1.807) is 12.1 Å². The molecule has 2 aliphatic rings. The van der Waals surface area contributed by atoms with Gasteiger partial charge in [-0.3, -0.25) is 14.9 Å². The van der Waals surface area contributed by atoms with Crippen molar-refractivity contribution in [1.82, 2.24) is 24.9 Å². The van der Waals surface area contributed by atoms with Gasteiger partial charge in [-0.25, -0.2) is 4.39 Å². The summed E-state index contributed by atoms with van der Waals surface area (Å²) in [6.07, 6.45) is 5.01. The molecular formula is C20H14FN7O3. The van der Waals surface area contributed by atoms with E-state index in [0.717, 1.165) is 18.9 Å². The van der Waals surface area contributed by atoms with Crippen LogP contribution in [0.15, 0.2) is 30.0 Å². The second-order valence-corrected chi connectivity index (χ2v) is 7.16. The Morgan fingerprint density at radius 2 is 2.16 bits per heavy atom. The van der Waals surface area contributed by atoms with Crippen molar-refractivity contribution in [3.8, 4) is 17.8 Å². The average Bonchev–Trinajstić information content (AvgIpc) is 3.37. The van der Waals surface area contributed by atoms with Gasteiger partial charge in [0.05, 0.1) is 18.2 Å². The van der Waals surface area contributed by atoms with E-state index in [4.69, 9.17) is 10.00 Å². The number of carbonyl (C=O) groups excluding carboxylic acids is 2. The van der Waals surface area contributed by atoms with Crippen molar-refractivity contribution < 1.29 is 18.7 Å². The summed E-state index contributed by atoms with van der Waals surface area (Å²) in [7, 11) is 0. The lowest BCUT2D eigenvalue weighted by molar-refractivity contribution is -0.124. The lowest BCUT2D eigenvalue weighted by atomic mass is 10.1. The molecule has 2 N–H and O–H groups in total. The standard InChI is InChI=1S/C20H14FN7O3/c21-15-7-14(4-1-10(15)8-22)31-20-26-17-12(5-11-6-16(29)25-18(11)30)9-23-28(17)19(27-20)24-13-2-3-13/h1,4-5,7,9,13H,2-3,6H2,(H,24,26,27)(H,25,29,30)/b11-5+. The molecule has 11 heteroatoms. The van der Waals surface area contributed by atoms with Crippen molar-refractivity contribution in [3.05, 3.63) is 46.9 Å². The molecule has 1 saturated carbocycles. The first-order valence-corrected chi connectivity index (χ1v) is 9.45. The van der Waals surface area contributed by atoms with Crippen molar-refractivity contribution in [1.29, 1.82) is 5.26 Å². The molecule has 154 valence electrons. The zero-order valence-corrected chi connectivity index (χ0v) is 15.9. The third-order valence-electron chi connectivity index (χ3n) is 4.78. The number of carbonyl (C=O) groups is 2. The summed E-state index contributed by atoms with van der Waals surface area (Å²) in [6.45, 7) is 0. The number of ether oxygens (including phenoxy) is 1. The van der Waals surface area contributed by atoms with Crippen molar-refractivity contribution in [2.75, 3.05) is 5.32 Å². The minimum absolute atomic E-state index is 0.0255. The molecule has 2 amide bonds. The van der Waals surface area contributed by atoms with Crippen molar-refractivity contribution in [3.63, 3.8) is 0 Å². The smallest absolute Gasteiger partial charge is 0.327 e. The predicted molar refractivity (Wildman–Crippen MR) is 104 cm³/mol. The number of amides is 2. The van der Waals surface area contributed by atoms with Gasteiger partial charge in [0.1, 0.15) is 17.6 Å². The van der Waals surface area contributed by atoms with Gasteiger partial charge in [0.2, 0.25) is 11.9 Å². The predicted octanol–water partition coefficient (Wildman–Crippen LogP) is 1.93. The van der Waals surface area contributed by atoms with Crippen LogP contribution in [-0.4, -0.2) is 37.4 Å². The molecule has 10 nitrogen and oxygen atoms in total. The second-order valence-electron chi connectivity index (χ2n) is 7.16. The molecule has 31 heavy (non-hydrogen) atoms. The van der Waals surface area contributed by atoms with Crippen molar-refractivity contribution >= 4 is 29.5 Å². The quantitative estimate of drug-likeness (QED) is 0.473. The number of fused-ring (bicyclic) bond motifs is 1. The SMILES string of the molecule is N#Cc1ccc(Oc2nc(NC3CC3)n3ncc(/C=C4\CC(=O)NC4=O)c3n2)cc1F. The van der Waals surface area contributed by atoms with Crippen molar-refractivity contribution in [2.45, 2.75) is 25.3 Å². The monoisotopic (exact) mass is 419 g/mol. The molecule has 1 aromatic carbocycles. The first-order chi connectivity index (χ1) is 15.0. The highest BCUT2D eigenvalue weighted by Crippen LogP contribution is 2.28. The maximum absolute atomic E-state index is 13.9. The lowest BCUT2D eigenvalue weighted by Gasteiger charge is -2.09. The topological polar surface area (TPSA) is 134 Å². The molecule has 5 rings (SSSR count). The van der Waals surface area contributed by atoms with E-state index in [-0.39, 0.29) is 35.7 Å². The molecule has 1 aliphatic carbocycles. The first kappa shape index (κ1) is 18.7. The number of anilines is 1. The normalized spacial score (nSPS) is 17.1. The molecule has 2 aromatic heterocycles. The Labute approximate surface area is 174 Å². The Morgan fingerprint density at radius 3 is 2.84 bits per heavy atom. The van der Waals surface area contributed by atoms with E-state index in [1.165, 1.54) is 22.8 Å². The largest absolute Gasteiger partial charge is 0.424 e. The highest BCUT2D eigenvalue weighted by atomic mass is 19.1. The second kappa shape index (κ2) is 7.17. The molecule has 0 bridgehead atoms. The molecular weight excluding hydrogens is 405 g/mol. The van der Waals surface area contributed by atoms with Gasteiger partial charge in [-0.2, -0.15) is 24.8 Å². The molecule has 3 aromatic rings. The van der Waals surface area contributed by atoms with Crippen LogP contribution in [0.5, 0.6) is 11.8 Å². The molecule has 1 saturated heterocycles. The van der Waals surface area contributed by atoms with Crippen LogP contribution in [0.4, 0.5) is 10.3 Å². The maximum atomic E-state index is 13.9. The molecule has 0 spiro atoms. The molecule has 3 heterocycles. The Morgan fingerprint density at radius 1 is 1.32 bits per heavy atom. The average molecular weight is 419 g/mol. The number of hydrogen-bond donors (Lipinski definition) is 2. The van der Waals surface area contributed by atoms with Crippen LogP contribution in [0.25, 0.3) is 11.7 Å². The minimum atomic E-state index is -0.718. The van der Waals surface area contributed by atoms with Gasteiger partial charge in [-0.1, -0.05) is 0 Å². The van der Waals surface area contributed by atoms with Gasteiger partial charge in [-0.15, -0.1) is 0 Å². The van der Waals surface area contributed by atoms with E-state index < -0.39 is 11.7 Å². The van der Waals surface area contributed by atoms with Crippen molar-refractivity contribution in [2.24, 2.45) is 0 Å². The number of hydrogen-bond acceptors (Lipinski definition) is 8. The minimum Gasteiger partial charge on any atom is -0.424 e. The van der Waals surface area contributed by atoms with Crippen LogP contribution in [0, 0.1) is 17.1 Å². The summed E-state index contributed by atoms with van der Waals surface area (Å²) in [5, 5.41) is 18.6. The van der Waals surface area contributed by atoms with E-state index in [0.29, 0.717) is 22.7 Å². The van der Waals surface area contributed by atoms with Crippen LogP contribution in [0.2, 0.25) is 0 Å². The Balaban J connectivity index is 1.56. The summed E-state index contributed by atoms with van der Waals surface area (Å²) in [6, 6.07) is 5.76. The Bertz CT molecular complexity index is 1320. The molecule has 1 aliphatic heterocycles. The van der Waals surface area contributed by atoms with Gasteiger partial charge >= 0.3 is 6.01 Å². The summed E-state index contributed by atoms with van der Waals surface area (Å²) in [5.74, 6) is -1.04. The number of nitrogens with zero attached hydrogens (tertiary/aromatic N) is 5. The van der Waals surface area contributed by atoms with Crippen LogP contribution >= 0.6 is 0 Å². The van der Waals surface area contributed by atoms with Gasteiger partial charge in [0.15, 0.2) is 5.65 Å². The van der Waals surface area contributed by atoms with Crippen LogP contribution in [-0.2, 0) is 9.59 Å². The van der Waals surface area contributed by atoms with E-state index in [1.807, 2.05) is 0 Å². The summed E-state index contributed by atoms with van der Waals surface area (Å²) >= 11 is 0. The van der Waals surface area contributed by atoms with E-state index >= 15 is 0 Å². The first-order valence-electron chi connectivity index (χ1n) is 9.45. The highest BCUT2D eigenvalue weighted by Gasteiger charge is 2.26. The van der Waals surface area contributed by atoms with Gasteiger partial charge in [-0.05, 0) is 31.1 Å². The number of benzene rings is 1. The number of imide groups is 1. The fourth-order valence-electron chi connectivity index (χ4n) is 3.09. The Hall–Kier alpha value is -4.33. The van der Waals surface area contributed by atoms with E-state index in [9.17, 15) is 14.0 Å². The Kier molecular flexibility index (Phi) is 4.32. The fraction of sp³-hybridized carbons (Fsp3) is 0.200. The van der Waals surface area contributed by atoms with E-state index in [2.05, 4.69) is 25.7 Å². The number of nitriles is 1. The molecule has 0 unspecified atom stereocenters. The highest BCUT2D eigenvalue weighted by molar-refractivity contribution is 6.15. The fourth-order valence-corrected chi connectivity index (χ4v) is 3.09. The van der Waals surface area contributed by atoms with Crippen LogP contribution in [0.1, 0.15) is 30.4 Å². The zero-order chi connectivity index (χ0) is 21.5.